The molecule has 0 bridgehead atoms. The Labute approximate surface area is 118 Å². The first kappa shape index (κ1) is 14.4. The van der Waals surface area contributed by atoms with Gasteiger partial charge in [-0.1, -0.05) is 32.4 Å². The summed E-state index contributed by atoms with van der Waals surface area (Å²) in [6.45, 7) is 8.56. The molecule has 0 spiro atoms. The maximum atomic E-state index is 5.81. The predicted octanol–water partition coefficient (Wildman–Crippen LogP) is 3.71. The van der Waals surface area contributed by atoms with Crippen molar-refractivity contribution in [2.24, 2.45) is 5.41 Å². The fourth-order valence-electron chi connectivity index (χ4n) is 2.93. The molecule has 19 heavy (non-hydrogen) atoms. The molecule has 2 nitrogen and oxygen atoms in total. The van der Waals surface area contributed by atoms with Crippen LogP contribution in [-0.4, -0.2) is 24.5 Å². The van der Waals surface area contributed by atoms with Gasteiger partial charge in [0.25, 0.3) is 0 Å². The summed E-state index contributed by atoms with van der Waals surface area (Å²) in [7, 11) is 0. The standard InChI is InChI=1S/C17H28N2/c1-3-17(2)9-12-19(13-10-17)11-5-7-15-6-4-8-16(18)14-15/h4,6,8,14H,3,5,7,9-13,18H2,1-2H3. The van der Waals surface area contributed by atoms with Gasteiger partial charge in [-0.05, 0) is 68.4 Å². The summed E-state index contributed by atoms with van der Waals surface area (Å²) in [6, 6.07) is 8.29. The first-order valence-corrected chi connectivity index (χ1v) is 7.68. The quantitative estimate of drug-likeness (QED) is 0.818. The summed E-state index contributed by atoms with van der Waals surface area (Å²) in [4.78, 5) is 2.63. The van der Waals surface area contributed by atoms with Crippen molar-refractivity contribution in [3.8, 4) is 0 Å². The van der Waals surface area contributed by atoms with Crippen molar-refractivity contribution in [1.82, 2.24) is 4.90 Å². The van der Waals surface area contributed by atoms with E-state index in [1.807, 2.05) is 6.07 Å². The number of piperidine rings is 1. The second kappa shape index (κ2) is 6.42. The van der Waals surface area contributed by atoms with Crippen LogP contribution in [0.1, 0.15) is 45.1 Å². The van der Waals surface area contributed by atoms with Crippen LogP contribution < -0.4 is 5.73 Å². The van der Waals surface area contributed by atoms with Gasteiger partial charge >= 0.3 is 0 Å². The van der Waals surface area contributed by atoms with Crippen LogP contribution in [0.15, 0.2) is 24.3 Å². The minimum atomic E-state index is 0.602. The molecule has 1 aromatic carbocycles. The lowest BCUT2D eigenvalue weighted by molar-refractivity contribution is 0.114. The number of likely N-dealkylation sites (tertiary alicyclic amines) is 1. The first-order valence-electron chi connectivity index (χ1n) is 7.68. The Balaban J connectivity index is 1.70. The third kappa shape index (κ3) is 4.24. The summed E-state index contributed by atoms with van der Waals surface area (Å²) < 4.78 is 0. The van der Waals surface area contributed by atoms with Crippen LogP contribution in [0, 0.1) is 5.41 Å². The molecule has 0 aliphatic carbocycles. The van der Waals surface area contributed by atoms with E-state index in [-0.39, 0.29) is 0 Å². The molecule has 1 heterocycles. The number of hydrogen-bond acceptors (Lipinski definition) is 2. The van der Waals surface area contributed by atoms with E-state index in [0.717, 1.165) is 12.1 Å². The van der Waals surface area contributed by atoms with Gasteiger partial charge in [-0.2, -0.15) is 0 Å². The summed E-state index contributed by atoms with van der Waals surface area (Å²) in [5.41, 5.74) is 8.66. The smallest absolute Gasteiger partial charge is 0.0316 e. The highest BCUT2D eigenvalue weighted by atomic mass is 15.1. The highest BCUT2D eigenvalue weighted by Gasteiger charge is 2.27. The van der Waals surface area contributed by atoms with Gasteiger partial charge in [-0.3, -0.25) is 0 Å². The highest BCUT2D eigenvalue weighted by molar-refractivity contribution is 5.40. The van der Waals surface area contributed by atoms with E-state index < -0.39 is 0 Å². The molecule has 0 atom stereocenters. The van der Waals surface area contributed by atoms with Crippen molar-refractivity contribution in [2.75, 3.05) is 25.4 Å². The molecule has 0 radical (unpaired) electrons. The zero-order valence-electron chi connectivity index (χ0n) is 12.5. The Bertz CT molecular complexity index is 392. The lowest BCUT2D eigenvalue weighted by Gasteiger charge is -2.39. The van der Waals surface area contributed by atoms with Crippen molar-refractivity contribution in [2.45, 2.75) is 46.0 Å². The average molecular weight is 260 g/mol. The lowest BCUT2D eigenvalue weighted by atomic mass is 9.78. The number of nitrogens with two attached hydrogens (primary N) is 1. The van der Waals surface area contributed by atoms with Crippen molar-refractivity contribution in [3.63, 3.8) is 0 Å². The average Bonchev–Trinajstić information content (AvgIpc) is 2.41. The molecule has 0 amide bonds. The molecule has 1 aromatic rings. The molecular formula is C17H28N2. The molecule has 1 aliphatic rings. The second-order valence-corrected chi connectivity index (χ2v) is 6.35. The van der Waals surface area contributed by atoms with Gasteiger partial charge in [0, 0.05) is 5.69 Å². The van der Waals surface area contributed by atoms with Crippen LogP contribution in [0.2, 0.25) is 0 Å². The lowest BCUT2D eigenvalue weighted by Crippen LogP contribution is -2.38. The number of nitrogens with zero attached hydrogens (tertiary/aromatic N) is 1. The second-order valence-electron chi connectivity index (χ2n) is 6.35. The predicted molar refractivity (Wildman–Crippen MR) is 83.2 cm³/mol. The number of benzene rings is 1. The SMILES string of the molecule is CCC1(C)CCN(CCCc2cccc(N)c2)CC1. The van der Waals surface area contributed by atoms with Crippen LogP contribution in [-0.2, 0) is 6.42 Å². The molecule has 2 heteroatoms. The minimum Gasteiger partial charge on any atom is -0.399 e. The van der Waals surface area contributed by atoms with Gasteiger partial charge in [0.2, 0.25) is 0 Å². The van der Waals surface area contributed by atoms with Crippen LogP contribution in [0.3, 0.4) is 0 Å². The molecule has 2 rings (SSSR count). The fraction of sp³-hybridized carbons (Fsp3) is 0.647. The summed E-state index contributed by atoms with van der Waals surface area (Å²) >= 11 is 0. The molecule has 0 saturated carbocycles. The highest BCUT2D eigenvalue weighted by Crippen LogP contribution is 2.33. The molecule has 1 fully saturated rings. The first-order chi connectivity index (χ1) is 9.11. The normalized spacial score (nSPS) is 19.5. The van der Waals surface area contributed by atoms with Gasteiger partial charge in [0.15, 0.2) is 0 Å². The van der Waals surface area contributed by atoms with E-state index in [0.29, 0.717) is 5.41 Å². The number of anilines is 1. The van der Waals surface area contributed by atoms with Gasteiger partial charge in [0.1, 0.15) is 0 Å². The summed E-state index contributed by atoms with van der Waals surface area (Å²) in [5.74, 6) is 0. The van der Waals surface area contributed by atoms with Crippen molar-refractivity contribution in [3.05, 3.63) is 29.8 Å². The van der Waals surface area contributed by atoms with E-state index in [1.54, 1.807) is 0 Å². The monoisotopic (exact) mass is 260 g/mol. The Hall–Kier alpha value is -1.02. The summed E-state index contributed by atoms with van der Waals surface area (Å²) in [6.07, 6.45) is 6.44. The maximum absolute atomic E-state index is 5.81. The Morgan fingerprint density at radius 3 is 2.63 bits per heavy atom. The molecule has 1 aliphatic heterocycles. The van der Waals surface area contributed by atoms with Crippen LogP contribution in [0.25, 0.3) is 0 Å². The zero-order valence-corrected chi connectivity index (χ0v) is 12.5. The Morgan fingerprint density at radius 2 is 2.00 bits per heavy atom. The van der Waals surface area contributed by atoms with Gasteiger partial charge in [0.05, 0.1) is 0 Å². The zero-order chi connectivity index (χ0) is 13.7. The largest absolute Gasteiger partial charge is 0.399 e. The number of rotatable bonds is 5. The minimum absolute atomic E-state index is 0.602. The topological polar surface area (TPSA) is 29.3 Å². The van der Waals surface area contributed by atoms with Crippen LogP contribution >= 0.6 is 0 Å². The molecule has 0 unspecified atom stereocenters. The molecule has 106 valence electrons. The van der Waals surface area contributed by atoms with Gasteiger partial charge < -0.3 is 10.6 Å². The van der Waals surface area contributed by atoms with E-state index in [2.05, 4.69) is 36.9 Å². The third-order valence-corrected chi connectivity index (χ3v) is 4.81. The molecule has 1 saturated heterocycles. The summed E-state index contributed by atoms with van der Waals surface area (Å²) in [5, 5.41) is 0. The molecular weight excluding hydrogens is 232 g/mol. The van der Waals surface area contributed by atoms with E-state index in [1.165, 1.54) is 50.9 Å². The third-order valence-electron chi connectivity index (χ3n) is 4.81. The van der Waals surface area contributed by atoms with E-state index >= 15 is 0 Å². The van der Waals surface area contributed by atoms with E-state index in [9.17, 15) is 0 Å². The van der Waals surface area contributed by atoms with Crippen molar-refractivity contribution in [1.29, 1.82) is 0 Å². The van der Waals surface area contributed by atoms with Gasteiger partial charge in [-0.15, -0.1) is 0 Å². The van der Waals surface area contributed by atoms with Crippen LogP contribution in [0.4, 0.5) is 5.69 Å². The maximum Gasteiger partial charge on any atom is 0.0316 e. The van der Waals surface area contributed by atoms with E-state index in [4.69, 9.17) is 5.73 Å². The molecule has 2 N–H and O–H groups in total. The van der Waals surface area contributed by atoms with Crippen molar-refractivity contribution < 1.29 is 0 Å². The Kier molecular flexibility index (Phi) is 4.87. The van der Waals surface area contributed by atoms with Crippen LogP contribution in [0.5, 0.6) is 0 Å². The van der Waals surface area contributed by atoms with Crippen molar-refractivity contribution >= 4 is 5.69 Å². The van der Waals surface area contributed by atoms with Gasteiger partial charge in [-0.25, -0.2) is 0 Å². The number of aryl methyl sites for hydroxylation is 1. The number of hydrogen-bond donors (Lipinski definition) is 1. The Morgan fingerprint density at radius 1 is 1.26 bits per heavy atom. The number of nitrogen functional groups attached to an aromatic ring is 1. The fourth-order valence-corrected chi connectivity index (χ4v) is 2.93. The molecule has 0 aromatic heterocycles.